The molecule has 2 N–H and O–H groups in total. The van der Waals surface area contributed by atoms with Crippen LogP contribution in [0.3, 0.4) is 0 Å². The van der Waals surface area contributed by atoms with Gasteiger partial charge in [0.2, 0.25) is 0 Å². The number of likely N-dealkylation sites (N-methyl/N-ethyl adjacent to an activating group) is 1. The first-order valence-corrected chi connectivity index (χ1v) is 7.64. The Morgan fingerprint density at radius 2 is 1.76 bits per heavy atom. The molecule has 1 atom stereocenters. The molecule has 4 heteroatoms. The molecule has 0 fully saturated rings. The Balaban J connectivity index is 2.37. The fraction of sp³-hybridized carbons (Fsp3) is 0.294. The van der Waals surface area contributed by atoms with Crippen LogP contribution >= 0.6 is 23.2 Å². The summed E-state index contributed by atoms with van der Waals surface area (Å²) in [6, 6.07) is 12.2. The van der Waals surface area contributed by atoms with Gasteiger partial charge in [-0.25, -0.2) is 0 Å². The maximum Gasteiger partial charge on any atom is 0.0662 e. The van der Waals surface area contributed by atoms with Crippen molar-refractivity contribution < 1.29 is 0 Å². The van der Waals surface area contributed by atoms with Crippen LogP contribution < -0.4 is 10.6 Å². The fourth-order valence-corrected chi connectivity index (χ4v) is 2.91. The molecular weight excluding hydrogens is 303 g/mol. The summed E-state index contributed by atoms with van der Waals surface area (Å²) in [7, 11) is 2.05. The molecule has 0 spiro atoms. The van der Waals surface area contributed by atoms with Crippen LogP contribution in [-0.4, -0.2) is 13.6 Å². The van der Waals surface area contributed by atoms with Gasteiger partial charge in [0.1, 0.15) is 0 Å². The summed E-state index contributed by atoms with van der Waals surface area (Å²) in [6.07, 6.45) is 0. The van der Waals surface area contributed by atoms with Crippen molar-refractivity contribution in [3.05, 3.63) is 63.1 Å². The molecular formula is C17H20Cl2N2. The van der Waals surface area contributed by atoms with E-state index in [-0.39, 0.29) is 6.04 Å². The average molecular weight is 323 g/mol. The number of halogens is 2. The molecule has 0 bridgehead atoms. The van der Waals surface area contributed by atoms with E-state index in [1.165, 1.54) is 16.8 Å². The highest BCUT2D eigenvalue weighted by atomic mass is 35.5. The Labute approximate surface area is 136 Å². The molecule has 2 aromatic carbocycles. The zero-order valence-corrected chi connectivity index (χ0v) is 14.0. The number of nitrogens with zero attached hydrogens (tertiary/aromatic N) is 1. The molecule has 0 radical (unpaired) electrons. The Morgan fingerprint density at radius 3 is 2.33 bits per heavy atom. The minimum Gasteiger partial charge on any atom is -0.366 e. The molecule has 0 heterocycles. The second-order valence-corrected chi connectivity index (χ2v) is 6.14. The number of hydrogen-bond acceptors (Lipinski definition) is 2. The van der Waals surface area contributed by atoms with Crippen molar-refractivity contribution in [1.82, 2.24) is 0 Å². The first kappa shape index (κ1) is 16.2. The SMILES string of the molecule is Cc1ccc(N(C)C(CN)c2ccc(Cl)c(Cl)c2)c(C)c1. The molecule has 0 saturated carbocycles. The van der Waals surface area contributed by atoms with Crippen molar-refractivity contribution in [2.75, 3.05) is 18.5 Å². The molecule has 0 saturated heterocycles. The van der Waals surface area contributed by atoms with E-state index in [9.17, 15) is 0 Å². The van der Waals surface area contributed by atoms with E-state index in [0.717, 1.165) is 5.56 Å². The number of aryl methyl sites for hydroxylation is 2. The molecule has 2 rings (SSSR count). The predicted molar refractivity (Wildman–Crippen MR) is 92.6 cm³/mol. The second-order valence-electron chi connectivity index (χ2n) is 5.33. The molecule has 0 aliphatic rings. The third-order valence-electron chi connectivity index (χ3n) is 3.75. The van der Waals surface area contributed by atoms with E-state index in [4.69, 9.17) is 28.9 Å². The lowest BCUT2D eigenvalue weighted by atomic mass is 10.0. The maximum absolute atomic E-state index is 6.13. The van der Waals surface area contributed by atoms with Crippen molar-refractivity contribution in [2.24, 2.45) is 5.73 Å². The summed E-state index contributed by atoms with van der Waals surface area (Å²) in [6.45, 7) is 4.71. The van der Waals surface area contributed by atoms with E-state index >= 15 is 0 Å². The Hall–Kier alpha value is -1.22. The Kier molecular flexibility index (Phi) is 5.15. The number of anilines is 1. The lowest BCUT2D eigenvalue weighted by molar-refractivity contribution is 0.679. The zero-order chi connectivity index (χ0) is 15.6. The van der Waals surface area contributed by atoms with Crippen LogP contribution in [0.5, 0.6) is 0 Å². The van der Waals surface area contributed by atoms with Gasteiger partial charge in [-0.3, -0.25) is 0 Å². The van der Waals surface area contributed by atoms with E-state index in [2.05, 4.69) is 44.0 Å². The van der Waals surface area contributed by atoms with Gasteiger partial charge >= 0.3 is 0 Å². The first-order valence-electron chi connectivity index (χ1n) is 6.89. The van der Waals surface area contributed by atoms with Gasteiger partial charge < -0.3 is 10.6 Å². The molecule has 0 aliphatic carbocycles. The van der Waals surface area contributed by atoms with Gasteiger partial charge in [0.05, 0.1) is 16.1 Å². The van der Waals surface area contributed by atoms with E-state index in [1.807, 2.05) is 18.2 Å². The van der Waals surface area contributed by atoms with Crippen LogP contribution in [0.2, 0.25) is 10.0 Å². The van der Waals surface area contributed by atoms with Gasteiger partial charge in [-0.2, -0.15) is 0 Å². The molecule has 2 aromatic rings. The van der Waals surface area contributed by atoms with Crippen molar-refractivity contribution >= 4 is 28.9 Å². The largest absolute Gasteiger partial charge is 0.366 e. The molecule has 2 nitrogen and oxygen atoms in total. The monoisotopic (exact) mass is 322 g/mol. The lowest BCUT2D eigenvalue weighted by Crippen LogP contribution is -2.30. The summed E-state index contributed by atoms with van der Waals surface area (Å²) < 4.78 is 0. The van der Waals surface area contributed by atoms with Gasteiger partial charge in [0, 0.05) is 19.3 Å². The maximum atomic E-state index is 6.13. The van der Waals surface area contributed by atoms with Gasteiger partial charge in [0.15, 0.2) is 0 Å². The molecule has 1 unspecified atom stereocenters. The summed E-state index contributed by atoms with van der Waals surface area (Å²) in [5, 5.41) is 1.12. The average Bonchev–Trinajstić information content (AvgIpc) is 2.43. The molecule has 0 aliphatic heterocycles. The number of nitrogens with two attached hydrogens (primary N) is 1. The van der Waals surface area contributed by atoms with Crippen molar-refractivity contribution in [2.45, 2.75) is 19.9 Å². The highest BCUT2D eigenvalue weighted by Crippen LogP contribution is 2.31. The number of rotatable bonds is 4. The van der Waals surface area contributed by atoms with Gasteiger partial charge in [-0.1, -0.05) is 47.0 Å². The van der Waals surface area contributed by atoms with Crippen molar-refractivity contribution in [1.29, 1.82) is 0 Å². The first-order chi connectivity index (χ1) is 9.93. The molecule has 0 amide bonds. The highest BCUT2D eigenvalue weighted by molar-refractivity contribution is 6.42. The van der Waals surface area contributed by atoms with Crippen molar-refractivity contribution in [3.63, 3.8) is 0 Å². The second kappa shape index (κ2) is 6.69. The molecule has 0 aromatic heterocycles. The van der Waals surface area contributed by atoms with Crippen molar-refractivity contribution in [3.8, 4) is 0 Å². The smallest absolute Gasteiger partial charge is 0.0662 e. The third kappa shape index (κ3) is 3.52. The fourth-order valence-electron chi connectivity index (χ4n) is 2.61. The van der Waals surface area contributed by atoms with Crippen LogP contribution in [0, 0.1) is 13.8 Å². The highest BCUT2D eigenvalue weighted by Gasteiger charge is 2.18. The number of hydrogen-bond donors (Lipinski definition) is 1. The van der Waals surface area contributed by atoms with Gasteiger partial charge in [-0.05, 0) is 43.2 Å². The Bertz CT molecular complexity index is 641. The molecule has 112 valence electrons. The minimum atomic E-state index is 0.0566. The van der Waals surface area contributed by atoms with Crippen LogP contribution in [-0.2, 0) is 0 Å². The van der Waals surface area contributed by atoms with E-state index in [1.54, 1.807) is 0 Å². The molecule has 21 heavy (non-hydrogen) atoms. The van der Waals surface area contributed by atoms with Crippen LogP contribution in [0.1, 0.15) is 22.7 Å². The normalized spacial score (nSPS) is 12.3. The summed E-state index contributed by atoms with van der Waals surface area (Å²) in [5.74, 6) is 0. The summed E-state index contributed by atoms with van der Waals surface area (Å²) in [5.41, 5.74) is 10.7. The van der Waals surface area contributed by atoms with E-state index in [0.29, 0.717) is 16.6 Å². The minimum absolute atomic E-state index is 0.0566. The Morgan fingerprint density at radius 1 is 1.05 bits per heavy atom. The number of benzene rings is 2. The lowest BCUT2D eigenvalue weighted by Gasteiger charge is -2.31. The van der Waals surface area contributed by atoms with Gasteiger partial charge in [0.25, 0.3) is 0 Å². The third-order valence-corrected chi connectivity index (χ3v) is 4.49. The van der Waals surface area contributed by atoms with Gasteiger partial charge in [-0.15, -0.1) is 0 Å². The van der Waals surface area contributed by atoms with Crippen LogP contribution in [0.25, 0.3) is 0 Å². The van der Waals surface area contributed by atoms with Crippen LogP contribution in [0.15, 0.2) is 36.4 Å². The quantitative estimate of drug-likeness (QED) is 0.880. The zero-order valence-electron chi connectivity index (χ0n) is 12.5. The topological polar surface area (TPSA) is 29.3 Å². The van der Waals surface area contributed by atoms with E-state index < -0.39 is 0 Å². The standard InChI is InChI=1S/C17H20Cl2N2/c1-11-4-7-16(12(2)8-11)21(3)17(10-20)13-5-6-14(18)15(19)9-13/h4-9,17H,10,20H2,1-3H3. The summed E-state index contributed by atoms with van der Waals surface area (Å²) in [4.78, 5) is 2.19. The summed E-state index contributed by atoms with van der Waals surface area (Å²) >= 11 is 12.1. The van der Waals surface area contributed by atoms with Crippen LogP contribution in [0.4, 0.5) is 5.69 Å². The predicted octanol–water partition coefficient (Wildman–Crippen LogP) is 4.75.